The van der Waals surface area contributed by atoms with E-state index < -0.39 is 0 Å². The second kappa shape index (κ2) is 8.47. The van der Waals surface area contributed by atoms with E-state index >= 15 is 0 Å². The molecule has 0 saturated heterocycles. The Labute approximate surface area is 158 Å². The minimum Gasteiger partial charge on any atom is -0.357 e. The first-order valence-electron chi connectivity index (χ1n) is 7.86. The predicted octanol–water partition coefficient (Wildman–Crippen LogP) is 3.68. The molecule has 9 heteroatoms. The van der Waals surface area contributed by atoms with E-state index in [0.717, 1.165) is 35.6 Å². The Morgan fingerprint density at radius 2 is 2.20 bits per heavy atom. The van der Waals surface area contributed by atoms with Gasteiger partial charge >= 0.3 is 0 Å². The number of anilines is 2. The number of fused-ring (bicyclic) bond motifs is 1. The summed E-state index contributed by atoms with van der Waals surface area (Å²) in [6.07, 6.45) is 5.95. The van der Waals surface area contributed by atoms with Gasteiger partial charge in [-0.15, -0.1) is 28.1 Å². The van der Waals surface area contributed by atoms with Crippen molar-refractivity contribution in [2.45, 2.75) is 30.0 Å². The minimum absolute atomic E-state index is 0.129. The van der Waals surface area contributed by atoms with Gasteiger partial charge in [0.25, 0.3) is 0 Å². The predicted molar refractivity (Wildman–Crippen MR) is 104 cm³/mol. The van der Waals surface area contributed by atoms with Crippen LogP contribution in [0.4, 0.5) is 10.1 Å². The summed E-state index contributed by atoms with van der Waals surface area (Å²) in [5, 5.41) is 24.8. The third-order valence-corrected chi connectivity index (χ3v) is 6.89. The standard InChI is InChI=1S/C16H17N5OS3/c1-2-7-18-15-20-21-16(25-15)23-9-13(22)19-14-11(8-17)10-5-3-4-6-12(10)24-14/h2H,1,3-7,9H2,(H,18,20)(H,19,22). The lowest BCUT2D eigenvalue weighted by Crippen LogP contribution is -2.13. The van der Waals surface area contributed by atoms with Crippen LogP contribution in [-0.4, -0.2) is 28.4 Å². The van der Waals surface area contributed by atoms with Gasteiger partial charge in [-0.1, -0.05) is 29.2 Å². The first-order valence-corrected chi connectivity index (χ1v) is 10.5. The molecule has 2 aromatic heterocycles. The molecule has 2 aromatic rings. The van der Waals surface area contributed by atoms with E-state index in [4.69, 9.17) is 0 Å². The average molecular weight is 392 g/mol. The van der Waals surface area contributed by atoms with Crippen LogP contribution in [-0.2, 0) is 17.6 Å². The van der Waals surface area contributed by atoms with Gasteiger partial charge in [0.2, 0.25) is 11.0 Å². The molecule has 0 atom stereocenters. The summed E-state index contributed by atoms with van der Waals surface area (Å²) in [4.78, 5) is 13.5. The van der Waals surface area contributed by atoms with Gasteiger partial charge < -0.3 is 10.6 Å². The van der Waals surface area contributed by atoms with E-state index in [1.165, 1.54) is 28.0 Å². The van der Waals surface area contributed by atoms with Crippen molar-refractivity contribution in [3.63, 3.8) is 0 Å². The molecule has 3 rings (SSSR count). The molecule has 1 amide bonds. The number of carbonyl (C=O) groups is 1. The summed E-state index contributed by atoms with van der Waals surface area (Å²) in [5.74, 6) is 0.111. The number of hydrogen-bond acceptors (Lipinski definition) is 8. The Balaban J connectivity index is 1.58. The number of nitrogens with one attached hydrogen (secondary N) is 2. The number of hydrogen-bond donors (Lipinski definition) is 2. The lowest BCUT2D eigenvalue weighted by atomic mass is 9.96. The van der Waals surface area contributed by atoms with Crippen LogP contribution >= 0.6 is 34.4 Å². The lowest BCUT2D eigenvalue weighted by Gasteiger charge is -2.09. The number of nitriles is 1. The van der Waals surface area contributed by atoms with Crippen molar-refractivity contribution in [2.24, 2.45) is 0 Å². The number of carbonyl (C=O) groups excluding carboxylic acids is 1. The van der Waals surface area contributed by atoms with Crippen molar-refractivity contribution in [2.75, 3.05) is 22.9 Å². The third kappa shape index (κ3) is 4.39. The maximum absolute atomic E-state index is 12.2. The number of nitrogens with zero attached hydrogens (tertiary/aromatic N) is 3. The molecular weight excluding hydrogens is 374 g/mol. The summed E-state index contributed by atoms with van der Waals surface area (Å²) in [5.41, 5.74) is 1.77. The molecule has 1 aliphatic rings. The van der Waals surface area contributed by atoms with E-state index in [0.29, 0.717) is 22.2 Å². The molecule has 1 aliphatic carbocycles. The molecule has 0 bridgehead atoms. The quantitative estimate of drug-likeness (QED) is 0.553. The zero-order chi connectivity index (χ0) is 17.6. The molecule has 6 nitrogen and oxygen atoms in total. The van der Waals surface area contributed by atoms with Crippen LogP contribution in [0.3, 0.4) is 0 Å². The highest BCUT2D eigenvalue weighted by atomic mass is 32.2. The largest absolute Gasteiger partial charge is 0.357 e. The zero-order valence-electron chi connectivity index (χ0n) is 13.5. The molecule has 25 heavy (non-hydrogen) atoms. The maximum Gasteiger partial charge on any atom is 0.235 e. The molecule has 2 N–H and O–H groups in total. The fourth-order valence-electron chi connectivity index (χ4n) is 2.56. The minimum atomic E-state index is -0.129. The topological polar surface area (TPSA) is 90.7 Å². The van der Waals surface area contributed by atoms with Crippen LogP contribution < -0.4 is 10.6 Å². The van der Waals surface area contributed by atoms with Crippen LogP contribution in [0.1, 0.15) is 28.8 Å². The second-order valence-electron chi connectivity index (χ2n) is 5.41. The van der Waals surface area contributed by atoms with Gasteiger partial charge in [-0.25, -0.2) is 0 Å². The average Bonchev–Trinajstić information content (AvgIpc) is 3.21. The Kier molecular flexibility index (Phi) is 6.07. The summed E-state index contributed by atoms with van der Waals surface area (Å²) < 4.78 is 0.729. The van der Waals surface area contributed by atoms with Gasteiger partial charge in [0, 0.05) is 11.4 Å². The second-order valence-corrected chi connectivity index (χ2v) is 8.71. The number of thiophene rings is 1. The van der Waals surface area contributed by atoms with Crippen LogP contribution in [0, 0.1) is 11.3 Å². The summed E-state index contributed by atoms with van der Waals surface area (Å²) in [6, 6.07) is 2.26. The SMILES string of the molecule is C=CCNc1nnc(SCC(=O)Nc2sc3c(c2C#N)CCCC3)s1. The zero-order valence-corrected chi connectivity index (χ0v) is 16.0. The van der Waals surface area contributed by atoms with Crippen LogP contribution in [0.2, 0.25) is 0 Å². The Morgan fingerprint density at radius 3 is 3.00 bits per heavy atom. The van der Waals surface area contributed by atoms with Gasteiger partial charge in [0.15, 0.2) is 4.34 Å². The summed E-state index contributed by atoms with van der Waals surface area (Å²) in [6.45, 7) is 4.26. The molecule has 0 aliphatic heterocycles. The fraction of sp³-hybridized carbons (Fsp3) is 0.375. The van der Waals surface area contributed by atoms with Gasteiger partial charge in [-0.3, -0.25) is 4.79 Å². The number of rotatable bonds is 7. The molecule has 2 heterocycles. The molecular formula is C16H17N5OS3. The Hall–Kier alpha value is -1.89. The smallest absolute Gasteiger partial charge is 0.235 e. The molecule has 0 saturated carbocycles. The molecule has 0 aromatic carbocycles. The van der Waals surface area contributed by atoms with E-state index in [9.17, 15) is 10.1 Å². The fourth-order valence-corrected chi connectivity index (χ4v) is 5.38. The first kappa shape index (κ1) is 17.9. The van der Waals surface area contributed by atoms with E-state index in [1.807, 2.05) is 0 Å². The van der Waals surface area contributed by atoms with Crippen LogP contribution in [0.5, 0.6) is 0 Å². The Bertz CT molecular complexity index is 820. The van der Waals surface area contributed by atoms with Crippen LogP contribution in [0.25, 0.3) is 0 Å². The lowest BCUT2D eigenvalue weighted by molar-refractivity contribution is -0.113. The Morgan fingerprint density at radius 1 is 1.36 bits per heavy atom. The summed E-state index contributed by atoms with van der Waals surface area (Å²) in [7, 11) is 0. The van der Waals surface area contributed by atoms with Gasteiger partial charge in [0.05, 0.1) is 11.3 Å². The number of aromatic nitrogens is 2. The highest BCUT2D eigenvalue weighted by Gasteiger charge is 2.21. The van der Waals surface area contributed by atoms with Crippen molar-refractivity contribution < 1.29 is 4.79 Å². The van der Waals surface area contributed by atoms with Crippen molar-refractivity contribution in [3.05, 3.63) is 28.7 Å². The highest BCUT2D eigenvalue weighted by Crippen LogP contribution is 2.37. The molecule has 0 spiro atoms. The first-order chi connectivity index (χ1) is 12.2. The highest BCUT2D eigenvalue weighted by molar-refractivity contribution is 8.01. The molecule has 0 unspecified atom stereocenters. The van der Waals surface area contributed by atoms with Gasteiger partial charge in [-0.05, 0) is 31.2 Å². The van der Waals surface area contributed by atoms with E-state index in [1.54, 1.807) is 17.4 Å². The maximum atomic E-state index is 12.2. The molecule has 0 radical (unpaired) electrons. The monoisotopic (exact) mass is 391 g/mol. The third-order valence-electron chi connectivity index (χ3n) is 3.67. The number of thioether (sulfide) groups is 1. The van der Waals surface area contributed by atoms with E-state index in [-0.39, 0.29) is 11.7 Å². The number of aryl methyl sites for hydroxylation is 1. The van der Waals surface area contributed by atoms with Crippen molar-refractivity contribution in [1.82, 2.24) is 10.2 Å². The van der Waals surface area contributed by atoms with Crippen LogP contribution in [0.15, 0.2) is 17.0 Å². The number of amides is 1. The van der Waals surface area contributed by atoms with Gasteiger partial charge in [0.1, 0.15) is 11.1 Å². The van der Waals surface area contributed by atoms with E-state index in [2.05, 4.69) is 33.5 Å². The van der Waals surface area contributed by atoms with Crippen molar-refractivity contribution >= 4 is 50.5 Å². The van der Waals surface area contributed by atoms with Gasteiger partial charge in [-0.2, -0.15) is 5.26 Å². The van der Waals surface area contributed by atoms with Crippen molar-refractivity contribution in [1.29, 1.82) is 5.26 Å². The van der Waals surface area contributed by atoms with Crippen molar-refractivity contribution in [3.8, 4) is 6.07 Å². The summed E-state index contributed by atoms with van der Waals surface area (Å²) >= 11 is 4.28. The molecule has 0 fully saturated rings. The normalized spacial score (nSPS) is 12.9. The molecule has 130 valence electrons.